The van der Waals surface area contributed by atoms with Gasteiger partial charge < -0.3 is 4.90 Å². The molecule has 0 aliphatic carbocycles. The molecular weight excluding hydrogens is 431 g/mol. The van der Waals surface area contributed by atoms with Crippen molar-refractivity contribution in [1.29, 1.82) is 0 Å². The first kappa shape index (κ1) is 12.6. The van der Waals surface area contributed by atoms with Gasteiger partial charge in [0.1, 0.15) is 5.82 Å². The Morgan fingerprint density at radius 2 is 2.31 bits per heavy atom. The first-order chi connectivity index (χ1) is 7.69. The molecule has 1 nitrogen and oxygen atoms in total. The third kappa shape index (κ3) is 2.10. The topological polar surface area (TPSA) is 3.24 Å². The highest BCUT2D eigenvalue weighted by Crippen LogP contribution is 2.40. The van der Waals surface area contributed by atoms with Gasteiger partial charge in [0.2, 0.25) is 0 Å². The second-order valence-electron chi connectivity index (χ2n) is 3.84. The van der Waals surface area contributed by atoms with Crippen molar-refractivity contribution in [2.24, 2.45) is 0 Å². The van der Waals surface area contributed by atoms with Gasteiger partial charge in [-0.15, -0.1) is 6.58 Å². The van der Waals surface area contributed by atoms with E-state index in [0.29, 0.717) is 5.92 Å². The van der Waals surface area contributed by atoms with E-state index in [1.54, 1.807) is 6.07 Å². The fourth-order valence-corrected chi connectivity index (χ4v) is 3.75. The van der Waals surface area contributed by atoms with Gasteiger partial charge in [-0.05, 0) is 40.3 Å². The molecule has 1 aliphatic heterocycles. The van der Waals surface area contributed by atoms with E-state index in [2.05, 4.69) is 56.7 Å². The summed E-state index contributed by atoms with van der Waals surface area (Å²) in [4.78, 5) is 2.27. The minimum absolute atomic E-state index is 0.102. The Kier molecular flexibility index (Phi) is 4.10. The SMILES string of the molecule is C=CCN1CC(CI)c2c1ccc(F)c2I. The van der Waals surface area contributed by atoms with Crippen molar-refractivity contribution >= 4 is 50.9 Å². The highest BCUT2D eigenvalue weighted by molar-refractivity contribution is 14.1. The van der Waals surface area contributed by atoms with E-state index in [1.165, 1.54) is 11.3 Å². The second kappa shape index (κ2) is 5.20. The zero-order valence-electron chi connectivity index (χ0n) is 8.72. The van der Waals surface area contributed by atoms with E-state index < -0.39 is 0 Å². The van der Waals surface area contributed by atoms with Crippen LogP contribution in [0.2, 0.25) is 0 Å². The van der Waals surface area contributed by atoms with Gasteiger partial charge in [-0.1, -0.05) is 28.7 Å². The van der Waals surface area contributed by atoms with Crippen molar-refractivity contribution in [3.8, 4) is 0 Å². The highest BCUT2D eigenvalue weighted by Gasteiger charge is 2.30. The van der Waals surface area contributed by atoms with Gasteiger partial charge in [0.15, 0.2) is 0 Å². The Hall–Kier alpha value is 0.150. The average Bonchev–Trinajstić information content (AvgIpc) is 2.63. The second-order valence-corrected chi connectivity index (χ2v) is 5.80. The molecule has 0 saturated carbocycles. The maximum absolute atomic E-state index is 13.5. The highest BCUT2D eigenvalue weighted by atomic mass is 127. The molecule has 1 aliphatic rings. The summed E-state index contributed by atoms with van der Waals surface area (Å²) in [5.74, 6) is 0.341. The minimum Gasteiger partial charge on any atom is -0.367 e. The molecule has 2 rings (SSSR count). The van der Waals surface area contributed by atoms with E-state index in [1.807, 2.05) is 12.1 Å². The fourth-order valence-electron chi connectivity index (χ4n) is 2.13. The third-order valence-corrected chi connectivity index (χ3v) is 4.99. The molecule has 1 aromatic rings. The van der Waals surface area contributed by atoms with Crippen molar-refractivity contribution in [1.82, 2.24) is 0 Å². The number of hydrogen-bond acceptors (Lipinski definition) is 1. The molecule has 0 aromatic heterocycles. The lowest BCUT2D eigenvalue weighted by Gasteiger charge is -2.17. The zero-order chi connectivity index (χ0) is 11.7. The molecule has 16 heavy (non-hydrogen) atoms. The van der Waals surface area contributed by atoms with Gasteiger partial charge in [-0.3, -0.25) is 0 Å². The summed E-state index contributed by atoms with van der Waals surface area (Å²) in [5.41, 5.74) is 2.35. The van der Waals surface area contributed by atoms with Crippen LogP contribution < -0.4 is 4.90 Å². The lowest BCUT2D eigenvalue weighted by atomic mass is 10.0. The Bertz CT molecular complexity index is 420. The molecule has 0 saturated heterocycles. The van der Waals surface area contributed by atoms with Gasteiger partial charge in [0.25, 0.3) is 0 Å². The number of benzene rings is 1. The van der Waals surface area contributed by atoms with E-state index in [4.69, 9.17) is 0 Å². The van der Waals surface area contributed by atoms with Crippen LogP contribution in [-0.4, -0.2) is 17.5 Å². The molecule has 0 amide bonds. The summed E-state index contributed by atoms with van der Waals surface area (Å²) in [6, 6.07) is 3.45. The fraction of sp³-hybridized carbons (Fsp3) is 0.333. The molecule has 0 N–H and O–H groups in total. The van der Waals surface area contributed by atoms with E-state index in [-0.39, 0.29) is 5.82 Å². The van der Waals surface area contributed by atoms with Crippen molar-refractivity contribution in [2.45, 2.75) is 5.92 Å². The Morgan fingerprint density at radius 1 is 1.56 bits per heavy atom. The number of rotatable bonds is 3. The molecule has 4 heteroatoms. The van der Waals surface area contributed by atoms with Crippen molar-refractivity contribution < 1.29 is 4.39 Å². The number of fused-ring (bicyclic) bond motifs is 1. The number of nitrogens with zero attached hydrogens (tertiary/aromatic N) is 1. The summed E-state index contributed by atoms with van der Waals surface area (Å²) in [6.45, 7) is 5.58. The molecule has 86 valence electrons. The molecule has 0 bridgehead atoms. The van der Waals surface area contributed by atoms with Crippen LogP contribution in [0.3, 0.4) is 0 Å². The van der Waals surface area contributed by atoms with Gasteiger partial charge in [-0.2, -0.15) is 0 Å². The van der Waals surface area contributed by atoms with Crippen LogP contribution in [0, 0.1) is 9.39 Å². The average molecular weight is 443 g/mol. The maximum Gasteiger partial charge on any atom is 0.136 e. The van der Waals surface area contributed by atoms with E-state index in [0.717, 1.165) is 21.1 Å². The van der Waals surface area contributed by atoms with E-state index >= 15 is 0 Å². The van der Waals surface area contributed by atoms with Crippen LogP contribution in [-0.2, 0) is 0 Å². The number of hydrogen-bond donors (Lipinski definition) is 0. The summed E-state index contributed by atoms with van der Waals surface area (Å²) in [5, 5.41) is 0. The Morgan fingerprint density at radius 3 is 2.94 bits per heavy atom. The smallest absolute Gasteiger partial charge is 0.136 e. The van der Waals surface area contributed by atoms with Crippen molar-refractivity contribution in [3.05, 3.63) is 39.7 Å². The zero-order valence-corrected chi connectivity index (χ0v) is 13.0. The molecular formula is C12H12FI2N. The van der Waals surface area contributed by atoms with Gasteiger partial charge in [0.05, 0.1) is 3.57 Å². The normalized spacial score (nSPS) is 18.7. The van der Waals surface area contributed by atoms with Crippen LogP contribution in [0.5, 0.6) is 0 Å². The summed E-state index contributed by atoms with van der Waals surface area (Å²) in [6.07, 6.45) is 1.90. The first-order valence-electron chi connectivity index (χ1n) is 5.08. The lowest BCUT2D eigenvalue weighted by Crippen LogP contribution is -2.21. The Balaban J connectivity index is 2.48. The van der Waals surface area contributed by atoms with Crippen LogP contribution in [0.4, 0.5) is 10.1 Å². The standard InChI is InChI=1S/C12H12FI2N/c1-2-5-16-7-8(6-14)11-10(16)4-3-9(13)12(11)15/h2-4,8H,1,5-7H2. The van der Waals surface area contributed by atoms with Gasteiger partial charge in [-0.25, -0.2) is 4.39 Å². The first-order valence-corrected chi connectivity index (χ1v) is 7.69. The van der Waals surface area contributed by atoms with Crippen LogP contribution >= 0.6 is 45.2 Å². The van der Waals surface area contributed by atoms with Gasteiger partial charge in [0, 0.05) is 29.1 Å². The Labute approximate surface area is 122 Å². The number of anilines is 1. The molecule has 0 radical (unpaired) electrons. The largest absolute Gasteiger partial charge is 0.367 e. The van der Waals surface area contributed by atoms with Crippen molar-refractivity contribution in [3.63, 3.8) is 0 Å². The monoisotopic (exact) mass is 443 g/mol. The third-order valence-electron chi connectivity index (χ3n) is 2.84. The minimum atomic E-state index is -0.102. The summed E-state index contributed by atoms with van der Waals surface area (Å²) >= 11 is 4.49. The van der Waals surface area contributed by atoms with E-state index in [9.17, 15) is 4.39 Å². The summed E-state index contributed by atoms with van der Waals surface area (Å²) in [7, 11) is 0. The van der Waals surface area contributed by atoms with Crippen LogP contribution in [0.25, 0.3) is 0 Å². The molecule has 1 atom stereocenters. The molecule has 1 unspecified atom stereocenters. The lowest BCUT2D eigenvalue weighted by molar-refractivity contribution is 0.617. The van der Waals surface area contributed by atoms with Gasteiger partial charge >= 0.3 is 0 Å². The molecule has 1 aromatic carbocycles. The maximum atomic E-state index is 13.5. The van der Waals surface area contributed by atoms with Crippen LogP contribution in [0.15, 0.2) is 24.8 Å². The molecule has 0 spiro atoms. The number of halogens is 3. The molecule has 0 fully saturated rings. The van der Waals surface area contributed by atoms with Crippen molar-refractivity contribution in [2.75, 3.05) is 22.4 Å². The number of alkyl halides is 1. The summed E-state index contributed by atoms with van der Waals surface area (Å²) < 4.78 is 15.4. The van der Waals surface area contributed by atoms with Crippen LogP contribution in [0.1, 0.15) is 11.5 Å². The predicted octanol–water partition coefficient (Wildman–Crippen LogP) is 3.95. The molecule has 1 heterocycles. The quantitative estimate of drug-likeness (QED) is 0.389. The predicted molar refractivity (Wildman–Crippen MR) is 83.2 cm³/mol.